The molecule has 2 heterocycles. The zero-order valence-corrected chi connectivity index (χ0v) is 18.2. The lowest BCUT2D eigenvalue weighted by molar-refractivity contribution is -0.127. The Kier molecular flexibility index (Phi) is 6.17. The summed E-state index contributed by atoms with van der Waals surface area (Å²) in [6, 6.07) is 6.39. The van der Waals surface area contributed by atoms with Crippen LogP contribution in [-0.2, 0) is 4.79 Å². The zero-order valence-electron chi connectivity index (χ0n) is 17.3. The van der Waals surface area contributed by atoms with E-state index in [1.165, 1.54) is 4.90 Å². The molecular weight excluding hydrogens is 420 g/mol. The van der Waals surface area contributed by atoms with Gasteiger partial charge in [0.05, 0.1) is 37.8 Å². The van der Waals surface area contributed by atoms with Gasteiger partial charge in [-0.25, -0.2) is 0 Å². The van der Waals surface area contributed by atoms with Crippen molar-refractivity contribution in [1.29, 1.82) is 0 Å². The fraction of sp³-hybridized carbons (Fsp3) is 0.429. The Morgan fingerprint density at radius 1 is 1.19 bits per heavy atom. The predicted octanol–water partition coefficient (Wildman–Crippen LogP) is 2.83. The molecule has 1 aromatic carbocycles. The Morgan fingerprint density at radius 3 is 2.71 bits per heavy atom. The van der Waals surface area contributed by atoms with Crippen molar-refractivity contribution in [2.45, 2.75) is 37.8 Å². The normalized spacial score (nSPS) is 21.3. The second-order valence-electron chi connectivity index (χ2n) is 7.48. The van der Waals surface area contributed by atoms with Crippen molar-refractivity contribution >= 4 is 28.8 Å². The van der Waals surface area contributed by atoms with Crippen LogP contribution >= 0.6 is 11.8 Å². The summed E-state index contributed by atoms with van der Waals surface area (Å²) in [6.07, 6.45) is 3.25. The number of benzene rings is 1. The van der Waals surface area contributed by atoms with E-state index in [1.54, 1.807) is 38.5 Å². The third-order valence-electron chi connectivity index (χ3n) is 5.67. The van der Waals surface area contributed by atoms with Crippen LogP contribution in [0.4, 0.5) is 4.79 Å². The van der Waals surface area contributed by atoms with E-state index in [0.717, 1.165) is 24.6 Å². The monoisotopic (exact) mass is 444 g/mol. The van der Waals surface area contributed by atoms with Crippen LogP contribution in [0.15, 0.2) is 24.3 Å². The SMILES string of the molecule is COc1ccc(OC)c(-c2cc(C(=O)N[C@@H]3CCCC[C@@H]3N3C(=O)CSC3=O)[nH]n2)c1. The van der Waals surface area contributed by atoms with Crippen molar-refractivity contribution in [3.8, 4) is 22.8 Å². The van der Waals surface area contributed by atoms with E-state index in [4.69, 9.17) is 9.47 Å². The molecule has 3 amide bonds. The molecule has 2 N–H and O–H groups in total. The summed E-state index contributed by atoms with van der Waals surface area (Å²) in [4.78, 5) is 38.6. The standard InChI is InChI=1S/C21H24N4O5S/c1-29-12-7-8-18(30-2)13(9-12)15-10-16(24-23-15)20(27)22-14-5-3-4-6-17(14)25-19(26)11-31-21(25)28/h7-10,14,17H,3-6,11H2,1-2H3,(H,22,27)(H,23,24)/t14-,17+/m1/s1. The molecule has 0 unspecified atom stereocenters. The summed E-state index contributed by atoms with van der Waals surface area (Å²) in [6.45, 7) is 0. The second-order valence-corrected chi connectivity index (χ2v) is 8.41. The second kappa shape index (κ2) is 9.01. The number of rotatable bonds is 6. The number of nitrogens with zero attached hydrogens (tertiary/aromatic N) is 2. The van der Waals surface area contributed by atoms with Gasteiger partial charge in [0.25, 0.3) is 11.1 Å². The van der Waals surface area contributed by atoms with Gasteiger partial charge in [-0.1, -0.05) is 24.6 Å². The number of imide groups is 1. The molecule has 2 atom stereocenters. The van der Waals surface area contributed by atoms with Crippen LogP contribution in [0.1, 0.15) is 36.2 Å². The summed E-state index contributed by atoms with van der Waals surface area (Å²) in [5, 5.41) is 9.80. The maximum Gasteiger partial charge on any atom is 0.289 e. The van der Waals surface area contributed by atoms with Crippen LogP contribution in [0, 0.1) is 0 Å². The summed E-state index contributed by atoms with van der Waals surface area (Å²) >= 11 is 1.02. The highest BCUT2D eigenvalue weighted by atomic mass is 32.2. The Labute approximate surface area is 183 Å². The van der Waals surface area contributed by atoms with Crippen molar-refractivity contribution in [2.75, 3.05) is 20.0 Å². The number of carbonyl (C=O) groups is 3. The number of carbonyl (C=O) groups excluding carboxylic acids is 3. The van der Waals surface area contributed by atoms with Gasteiger partial charge in [0.2, 0.25) is 5.91 Å². The minimum atomic E-state index is -0.329. The van der Waals surface area contributed by atoms with E-state index < -0.39 is 0 Å². The average Bonchev–Trinajstić information content (AvgIpc) is 3.41. The molecule has 1 aliphatic heterocycles. The van der Waals surface area contributed by atoms with E-state index in [-0.39, 0.29) is 40.6 Å². The van der Waals surface area contributed by atoms with Gasteiger partial charge in [0, 0.05) is 5.56 Å². The first-order valence-electron chi connectivity index (χ1n) is 10.1. The highest BCUT2D eigenvalue weighted by Gasteiger charge is 2.41. The molecular formula is C21H24N4O5S. The number of methoxy groups -OCH3 is 2. The van der Waals surface area contributed by atoms with Crippen LogP contribution in [0.5, 0.6) is 11.5 Å². The lowest BCUT2D eigenvalue weighted by Crippen LogP contribution is -2.54. The van der Waals surface area contributed by atoms with Crippen LogP contribution < -0.4 is 14.8 Å². The molecule has 0 radical (unpaired) electrons. The summed E-state index contributed by atoms with van der Waals surface area (Å²) < 4.78 is 10.7. The number of nitrogens with one attached hydrogen (secondary N) is 2. The number of hydrogen-bond acceptors (Lipinski definition) is 7. The van der Waals surface area contributed by atoms with Crippen LogP contribution in [0.3, 0.4) is 0 Å². The van der Waals surface area contributed by atoms with Crippen LogP contribution in [0.2, 0.25) is 0 Å². The maximum absolute atomic E-state index is 12.9. The minimum absolute atomic E-state index is 0.169. The number of amides is 3. The Morgan fingerprint density at radius 2 is 2.00 bits per heavy atom. The van der Waals surface area contributed by atoms with Gasteiger partial charge >= 0.3 is 0 Å². The molecule has 1 aliphatic carbocycles. The van der Waals surface area contributed by atoms with E-state index in [0.29, 0.717) is 35.6 Å². The number of H-pyrrole nitrogens is 1. The number of ether oxygens (including phenoxy) is 2. The summed E-state index contributed by atoms with van der Waals surface area (Å²) in [5.41, 5.74) is 1.53. The minimum Gasteiger partial charge on any atom is -0.497 e. The van der Waals surface area contributed by atoms with Gasteiger partial charge < -0.3 is 14.8 Å². The number of aromatic nitrogens is 2. The van der Waals surface area contributed by atoms with Crippen LogP contribution in [0.25, 0.3) is 11.3 Å². The molecule has 2 fully saturated rings. The van der Waals surface area contributed by atoms with E-state index in [2.05, 4.69) is 15.5 Å². The van der Waals surface area contributed by atoms with E-state index in [1.807, 2.05) is 0 Å². The maximum atomic E-state index is 12.9. The van der Waals surface area contributed by atoms with Crippen molar-refractivity contribution < 1.29 is 23.9 Å². The molecule has 4 rings (SSSR count). The molecule has 2 aromatic rings. The quantitative estimate of drug-likeness (QED) is 0.704. The van der Waals surface area contributed by atoms with Gasteiger partial charge in [-0.05, 0) is 37.1 Å². The van der Waals surface area contributed by atoms with Gasteiger partial charge in [-0.15, -0.1) is 0 Å². The zero-order chi connectivity index (χ0) is 22.0. The first kappa shape index (κ1) is 21.2. The first-order chi connectivity index (χ1) is 15.0. The van der Waals surface area contributed by atoms with Crippen molar-refractivity contribution in [2.24, 2.45) is 0 Å². The molecule has 1 saturated heterocycles. The van der Waals surface area contributed by atoms with Gasteiger partial charge in [-0.2, -0.15) is 5.10 Å². The van der Waals surface area contributed by atoms with Gasteiger partial charge in [0.15, 0.2) is 0 Å². The topological polar surface area (TPSA) is 114 Å². The lowest BCUT2D eigenvalue weighted by atomic mass is 9.89. The molecule has 10 heteroatoms. The lowest BCUT2D eigenvalue weighted by Gasteiger charge is -2.36. The third-order valence-corrected chi connectivity index (χ3v) is 6.50. The largest absolute Gasteiger partial charge is 0.497 e. The van der Waals surface area contributed by atoms with Gasteiger partial charge in [0.1, 0.15) is 17.2 Å². The van der Waals surface area contributed by atoms with Crippen LogP contribution in [-0.4, -0.2) is 64.2 Å². The molecule has 0 spiro atoms. The molecule has 1 aromatic heterocycles. The average molecular weight is 445 g/mol. The van der Waals surface area contributed by atoms with Crippen molar-refractivity contribution in [1.82, 2.24) is 20.4 Å². The highest BCUT2D eigenvalue weighted by Crippen LogP contribution is 2.33. The molecule has 1 saturated carbocycles. The molecule has 164 valence electrons. The summed E-state index contributed by atoms with van der Waals surface area (Å²) in [5.74, 6) is 0.907. The van der Waals surface area contributed by atoms with Crippen molar-refractivity contribution in [3.63, 3.8) is 0 Å². The third kappa shape index (κ3) is 4.25. The number of hydrogen-bond donors (Lipinski definition) is 2. The molecule has 2 aliphatic rings. The fourth-order valence-corrected chi connectivity index (χ4v) is 4.87. The smallest absolute Gasteiger partial charge is 0.289 e. The van der Waals surface area contributed by atoms with E-state index >= 15 is 0 Å². The number of thioether (sulfide) groups is 1. The Balaban J connectivity index is 1.52. The highest BCUT2D eigenvalue weighted by molar-refractivity contribution is 8.14. The fourth-order valence-electron chi connectivity index (χ4n) is 4.11. The Hall–Kier alpha value is -3.01. The Bertz CT molecular complexity index is 991. The molecule has 31 heavy (non-hydrogen) atoms. The predicted molar refractivity (Wildman–Crippen MR) is 115 cm³/mol. The molecule has 0 bridgehead atoms. The van der Waals surface area contributed by atoms with E-state index in [9.17, 15) is 14.4 Å². The van der Waals surface area contributed by atoms with Gasteiger partial charge in [-0.3, -0.25) is 24.4 Å². The summed E-state index contributed by atoms with van der Waals surface area (Å²) in [7, 11) is 3.14. The first-order valence-corrected chi connectivity index (χ1v) is 11.1. The number of aromatic amines is 1. The molecule has 9 nitrogen and oxygen atoms in total. The van der Waals surface area contributed by atoms with Crippen molar-refractivity contribution in [3.05, 3.63) is 30.0 Å².